The summed E-state index contributed by atoms with van der Waals surface area (Å²) in [5, 5.41) is 2.03. The maximum absolute atomic E-state index is 5.32. The molecule has 6 heteroatoms. The Hall–Kier alpha value is -4.47. The molecule has 0 spiro atoms. The number of nitrogens with zero attached hydrogens (tertiary/aromatic N) is 5. The van der Waals surface area contributed by atoms with E-state index in [1.165, 1.54) is 0 Å². The molecule has 4 aromatic carbocycles. The SMILES string of the molecule is CC(C)(c1[c-]c(N2C=CN(c3ccccc3)[CH-]2)ccc1)c1ccc2c(n1)c1[c-]cccc1c1nc3ccccc3n21.[Pt]. The fourth-order valence-electron chi connectivity index (χ4n) is 5.79. The van der Waals surface area contributed by atoms with Gasteiger partial charge in [0.1, 0.15) is 5.65 Å². The van der Waals surface area contributed by atoms with Crippen LogP contribution in [-0.4, -0.2) is 14.4 Å². The summed E-state index contributed by atoms with van der Waals surface area (Å²) < 4.78 is 2.23. The Morgan fingerprint density at radius 3 is 2.43 bits per heavy atom. The zero-order valence-corrected chi connectivity index (χ0v) is 25.4. The third-order valence-corrected chi connectivity index (χ3v) is 8.07. The van der Waals surface area contributed by atoms with E-state index in [0.717, 1.165) is 61.1 Å². The van der Waals surface area contributed by atoms with Crippen molar-refractivity contribution in [3.63, 3.8) is 0 Å². The van der Waals surface area contributed by atoms with Crippen LogP contribution in [0.2, 0.25) is 0 Å². The summed E-state index contributed by atoms with van der Waals surface area (Å²) in [6.07, 6.45) is 4.13. The number of aromatic nitrogens is 3. The molecule has 4 heterocycles. The molecular weight excluding hydrogens is 698 g/mol. The van der Waals surface area contributed by atoms with Crippen molar-refractivity contribution in [2.75, 3.05) is 9.80 Å². The van der Waals surface area contributed by atoms with Gasteiger partial charge in [-0.1, -0.05) is 49.6 Å². The van der Waals surface area contributed by atoms with E-state index in [1.54, 1.807) is 0 Å². The van der Waals surface area contributed by atoms with Gasteiger partial charge in [0.25, 0.3) is 0 Å². The van der Waals surface area contributed by atoms with Crippen LogP contribution in [0.5, 0.6) is 0 Å². The third kappa shape index (κ3) is 4.11. The van der Waals surface area contributed by atoms with Crippen molar-refractivity contribution in [1.29, 1.82) is 0 Å². The van der Waals surface area contributed by atoms with E-state index >= 15 is 0 Å². The second-order valence-electron chi connectivity index (χ2n) is 10.9. The van der Waals surface area contributed by atoms with E-state index in [2.05, 4.69) is 126 Å². The van der Waals surface area contributed by atoms with E-state index in [1.807, 2.05) is 36.4 Å². The monoisotopic (exact) mass is 723 g/mol. The Morgan fingerprint density at radius 2 is 1.55 bits per heavy atom. The third-order valence-electron chi connectivity index (χ3n) is 8.07. The molecule has 0 fully saturated rings. The molecule has 5 nitrogen and oxygen atoms in total. The van der Waals surface area contributed by atoms with Crippen molar-refractivity contribution < 1.29 is 21.1 Å². The van der Waals surface area contributed by atoms with Crippen LogP contribution in [0.3, 0.4) is 0 Å². The topological polar surface area (TPSA) is 36.7 Å². The van der Waals surface area contributed by atoms with Gasteiger partial charge in [-0.05, 0) is 48.8 Å². The Kier molecular flexibility index (Phi) is 6.36. The molecule has 1 aliphatic heterocycles. The standard InChI is InChI=1S/C36H26N5.Pt/c1-36(2,25-11-10-14-27(23-25)40-22-21-39(24-40)26-12-4-3-5-13-26)33-20-19-32-34(38-33)28-15-6-7-16-29(28)35-37-30-17-8-9-18-31(30)41(32)35;/h3-14,16-22,24H,1-2H3;/q-3;. The summed E-state index contributed by atoms with van der Waals surface area (Å²) in [5.41, 5.74) is 8.69. The molecule has 0 atom stereocenters. The van der Waals surface area contributed by atoms with Crippen LogP contribution in [0.15, 0.2) is 116 Å². The zero-order chi connectivity index (χ0) is 27.6. The summed E-state index contributed by atoms with van der Waals surface area (Å²) in [6, 6.07) is 42.5. The van der Waals surface area contributed by atoms with Crippen LogP contribution in [-0.2, 0) is 26.5 Å². The Balaban J connectivity index is 0.00000288. The smallest absolute Gasteiger partial charge is 0.102 e. The molecule has 0 unspecified atom stereocenters. The minimum absolute atomic E-state index is 0. The zero-order valence-electron chi connectivity index (χ0n) is 23.1. The first-order valence-corrected chi connectivity index (χ1v) is 13.8. The van der Waals surface area contributed by atoms with Crippen molar-refractivity contribution >= 4 is 49.9 Å². The summed E-state index contributed by atoms with van der Waals surface area (Å²) in [6.45, 7) is 6.51. The molecule has 7 aromatic rings. The summed E-state index contributed by atoms with van der Waals surface area (Å²) in [5.74, 6) is 0. The molecule has 0 radical (unpaired) electrons. The van der Waals surface area contributed by atoms with E-state index < -0.39 is 0 Å². The van der Waals surface area contributed by atoms with Crippen LogP contribution in [0.1, 0.15) is 25.1 Å². The number of pyridine rings is 2. The molecule has 8 rings (SSSR count). The van der Waals surface area contributed by atoms with Gasteiger partial charge in [-0.2, -0.15) is 24.3 Å². The molecule has 208 valence electrons. The van der Waals surface area contributed by atoms with Gasteiger partial charge in [-0.25, -0.2) is 4.98 Å². The van der Waals surface area contributed by atoms with Gasteiger partial charge < -0.3 is 14.2 Å². The van der Waals surface area contributed by atoms with Crippen molar-refractivity contribution in [3.05, 3.63) is 146 Å². The Labute approximate surface area is 259 Å². The average molecular weight is 724 g/mol. The first-order valence-electron chi connectivity index (χ1n) is 13.8. The van der Waals surface area contributed by atoms with Gasteiger partial charge in [-0.15, -0.1) is 47.6 Å². The van der Waals surface area contributed by atoms with Gasteiger partial charge in [0.05, 0.1) is 11.0 Å². The molecule has 3 aromatic heterocycles. The number of fused-ring (bicyclic) bond motifs is 8. The fraction of sp³-hybridized carbons (Fsp3) is 0.0833. The van der Waals surface area contributed by atoms with Crippen LogP contribution < -0.4 is 9.80 Å². The molecule has 0 saturated heterocycles. The largest absolute Gasteiger partial charge is 0.500 e. The minimum Gasteiger partial charge on any atom is -0.500 e. The van der Waals surface area contributed by atoms with Crippen molar-refractivity contribution in [3.8, 4) is 0 Å². The predicted octanol–water partition coefficient (Wildman–Crippen LogP) is 8.03. The average Bonchev–Trinajstić information content (AvgIpc) is 3.68. The quantitative estimate of drug-likeness (QED) is 0.136. The first kappa shape index (κ1) is 26.4. The number of anilines is 2. The summed E-state index contributed by atoms with van der Waals surface area (Å²) >= 11 is 0. The molecule has 42 heavy (non-hydrogen) atoms. The van der Waals surface area contributed by atoms with Gasteiger partial charge >= 0.3 is 0 Å². The molecule has 0 N–H and O–H groups in total. The second-order valence-corrected chi connectivity index (χ2v) is 10.9. The normalized spacial score (nSPS) is 13.5. The molecule has 0 saturated carbocycles. The van der Waals surface area contributed by atoms with Crippen LogP contribution in [0.4, 0.5) is 11.4 Å². The molecule has 1 aliphatic rings. The minimum atomic E-state index is -0.389. The number of benzene rings is 4. The van der Waals surface area contributed by atoms with Crippen LogP contribution in [0.25, 0.3) is 38.5 Å². The van der Waals surface area contributed by atoms with Gasteiger partial charge in [0.2, 0.25) is 0 Å². The van der Waals surface area contributed by atoms with E-state index in [-0.39, 0.29) is 26.5 Å². The van der Waals surface area contributed by atoms with Crippen LogP contribution in [0, 0.1) is 18.8 Å². The van der Waals surface area contributed by atoms with Gasteiger partial charge in [0, 0.05) is 48.9 Å². The Morgan fingerprint density at radius 1 is 0.738 bits per heavy atom. The first-order chi connectivity index (χ1) is 20.1. The van der Waals surface area contributed by atoms with Crippen molar-refractivity contribution in [2.45, 2.75) is 19.3 Å². The van der Waals surface area contributed by atoms with Crippen molar-refractivity contribution in [2.24, 2.45) is 0 Å². The van der Waals surface area contributed by atoms with Crippen LogP contribution >= 0.6 is 0 Å². The maximum atomic E-state index is 5.32. The van der Waals surface area contributed by atoms with E-state index in [9.17, 15) is 0 Å². The number of rotatable bonds is 4. The number of hydrogen-bond acceptors (Lipinski definition) is 4. The fourth-order valence-corrected chi connectivity index (χ4v) is 5.79. The van der Waals surface area contributed by atoms with E-state index in [0.29, 0.717) is 0 Å². The number of para-hydroxylation sites is 3. The van der Waals surface area contributed by atoms with Gasteiger partial charge in [-0.3, -0.25) is 4.98 Å². The number of imidazole rings is 1. The second kappa shape index (κ2) is 10.1. The number of hydrogen-bond donors (Lipinski definition) is 0. The molecule has 0 amide bonds. The Bertz CT molecular complexity index is 2130. The molecular formula is C36H26N5Pt-3. The van der Waals surface area contributed by atoms with Crippen molar-refractivity contribution in [1.82, 2.24) is 14.4 Å². The predicted molar refractivity (Wildman–Crippen MR) is 167 cm³/mol. The summed E-state index contributed by atoms with van der Waals surface area (Å²) in [7, 11) is 0. The maximum Gasteiger partial charge on any atom is 0.102 e. The molecule has 0 aliphatic carbocycles. The van der Waals surface area contributed by atoms with E-state index in [4.69, 9.17) is 9.97 Å². The molecule has 0 bridgehead atoms. The van der Waals surface area contributed by atoms with Gasteiger partial charge in [0.15, 0.2) is 0 Å². The summed E-state index contributed by atoms with van der Waals surface area (Å²) in [4.78, 5) is 14.5.